The number of nitrogens with zero attached hydrogens (tertiary/aromatic N) is 1. The standard InChI is InChI=1S/C28H41F2N3O2/c1-26(35)10-11-27(2)16(14-26)4-5-17-18-6-7-20(28(18,3)9-8-19(17)27)25(34)15-33(32)24-13-22(30)21(29)12-23(24)31/h12-13,16-20,35H,4-11,14-15,31-32H2,1-3H3/t16?,17?,18?,19?,20?,26-,27?,28?/m1/s1. The molecule has 1 aromatic carbocycles. The number of hydrazine groups is 1. The molecule has 0 amide bonds. The summed E-state index contributed by atoms with van der Waals surface area (Å²) in [5.41, 5.74) is 5.71. The summed E-state index contributed by atoms with van der Waals surface area (Å²) in [7, 11) is 0. The van der Waals surface area contributed by atoms with Gasteiger partial charge in [0.05, 0.1) is 23.5 Å². The van der Waals surface area contributed by atoms with Crippen molar-refractivity contribution in [1.29, 1.82) is 0 Å². The third kappa shape index (κ3) is 3.97. The zero-order valence-corrected chi connectivity index (χ0v) is 21.3. The molecule has 35 heavy (non-hydrogen) atoms. The van der Waals surface area contributed by atoms with Crippen LogP contribution >= 0.6 is 0 Å². The minimum absolute atomic E-state index is 0.0201. The number of hydrogen-bond acceptors (Lipinski definition) is 5. The molecule has 0 spiro atoms. The fourth-order valence-corrected chi connectivity index (χ4v) is 9.12. The molecule has 0 aliphatic heterocycles. The van der Waals surface area contributed by atoms with Crippen molar-refractivity contribution in [2.24, 2.45) is 46.3 Å². The van der Waals surface area contributed by atoms with Crippen LogP contribution in [-0.2, 0) is 4.79 Å². The van der Waals surface area contributed by atoms with Crippen molar-refractivity contribution in [3.05, 3.63) is 23.8 Å². The second-order valence-corrected chi connectivity index (χ2v) is 13.0. The second kappa shape index (κ2) is 8.41. The number of aliphatic hydroxyl groups is 1. The van der Waals surface area contributed by atoms with Crippen molar-refractivity contribution >= 4 is 17.2 Å². The maximum atomic E-state index is 13.8. The average molecular weight is 490 g/mol. The van der Waals surface area contributed by atoms with E-state index in [1.165, 1.54) is 17.9 Å². The van der Waals surface area contributed by atoms with Crippen LogP contribution in [0.1, 0.15) is 78.6 Å². The van der Waals surface area contributed by atoms with Crippen LogP contribution in [0.25, 0.3) is 0 Å². The summed E-state index contributed by atoms with van der Waals surface area (Å²) in [5.74, 6) is 6.46. The van der Waals surface area contributed by atoms with Gasteiger partial charge in [0.2, 0.25) is 0 Å². The largest absolute Gasteiger partial charge is 0.397 e. The highest BCUT2D eigenvalue weighted by molar-refractivity contribution is 5.87. The predicted octanol–water partition coefficient (Wildman–Crippen LogP) is 5.21. The van der Waals surface area contributed by atoms with Crippen LogP contribution in [0, 0.1) is 52.1 Å². The minimum Gasteiger partial charge on any atom is -0.397 e. The molecule has 4 aliphatic rings. The SMILES string of the molecule is CC12CC[C@@](C)(O)CC1CCC1C2CCC2(C)C(C(=O)CN(N)c3cc(F)c(F)cc3N)CCC12. The number of anilines is 2. The number of fused-ring (bicyclic) bond motifs is 5. The average Bonchev–Trinajstić information content (AvgIpc) is 3.14. The van der Waals surface area contributed by atoms with E-state index in [9.17, 15) is 18.7 Å². The van der Waals surface area contributed by atoms with Crippen LogP contribution in [0.4, 0.5) is 20.2 Å². The van der Waals surface area contributed by atoms with Gasteiger partial charge in [-0.1, -0.05) is 13.8 Å². The molecule has 0 aromatic heterocycles. The summed E-state index contributed by atoms with van der Waals surface area (Å²) in [6.07, 6.45) is 9.34. The molecule has 1 aromatic rings. The quantitative estimate of drug-likeness (QED) is 0.307. The van der Waals surface area contributed by atoms with E-state index in [1.54, 1.807) is 0 Å². The monoisotopic (exact) mass is 489 g/mol. The molecule has 8 atom stereocenters. The smallest absolute Gasteiger partial charge is 0.161 e. The normalized spacial score (nSPS) is 42.7. The van der Waals surface area contributed by atoms with E-state index in [0.29, 0.717) is 23.7 Å². The molecular weight excluding hydrogens is 448 g/mol. The lowest BCUT2D eigenvalue weighted by Crippen LogP contribution is -2.56. The van der Waals surface area contributed by atoms with Gasteiger partial charge in [-0.25, -0.2) is 14.6 Å². The van der Waals surface area contributed by atoms with Gasteiger partial charge in [-0.2, -0.15) is 0 Å². The highest BCUT2D eigenvalue weighted by atomic mass is 19.2. The van der Waals surface area contributed by atoms with Gasteiger partial charge in [0.25, 0.3) is 0 Å². The Balaban J connectivity index is 1.31. The van der Waals surface area contributed by atoms with Gasteiger partial charge in [-0.15, -0.1) is 0 Å². The van der Waals surface area contributed by atoms with E-state index < -0.39 is 17.2 Å². The first-order valence-electron chi connectivity index (χ1n) is 13.4. The Morgan fingerprint density at radius 2 is 1.69 bits per heavy atom. The molecule has 7 heteroatoms. The topological polar surface area (TPSA) is 92.6 Å². The molecule has 5 N–H and O–H groups in total. The van der Waals surface area contributed by atoms with Crippen molar-refractivity contribution in [3.63, 3.8) is 0 Å². The van der Waals surface area contributed by atoms with Crippen LogP contribution < -0.4 is 16.6 Å². The van der Waals surface area contributed by atoms with Crippen LogP contribution in [0.5, 0.6) is 0 Å². The lowest BCUT2D eigenvalue weighted by Gasteiger charge is -2.61. The summed E-state index contributed by atoms with van der Waals surface area (Å²) in [5, 5.41) is 11.9. The van der Waals surface area contributed by atoms with Crippen molar-refractivity contribution in [2.45, 2.75) is 84.2 Å². The first kappa shape index (κ1) is 24.9. The number of nitrogens with two attached hydrogens (primary N) is 2. The third-order valence-electron chi connectivity index (χ3n) is 11.0. The van der Waals surface area contributed by atoms with E-state index >= 15 is 0 Å². The molecule has 0 heterocycles. The molecule has 5 nitrogen and oxygen atoms in total. The van der Waals surface area contributed by atoms with Crippen LogP contribution in [0.2, 0.25) is 0 Å². The van der Waals surface area contributed by atoms with E-state index in [1.807, 2.05) is 6.92 Å². The van der Waals surface area contributed by atoms with Gasteiger partial charge in [0.1, 0.15) is 0 Å². The zero-order valence-electron chi connectivity index (χ0n) is 21.3. The predicted molar refractivity (Wildman–Crippen MR) is 133 cm³/mol. The van der Waals surface area contributed by atoms with E-state index in [2.05, 4.69) is 13.8 Å². The van der Waals surface area contributed by atoms with Crippen molar-refractivity contribution in [2.75, 3.05) is 17.3 Å². The number of carbonyl (C=O) groups excluding carboxylic acids is 1. The molecule has 0 saturated heterocycles. The van der Waals surface area contributed by atoms with E-state index in [0.717, 1.165) is 57.1 Å². The molecule has 4 aliphatic carbocycles. The molecule has 7 unspecified atom stereocenters. The van der Waals surface area contributed by atoms with Gasteiger partial charge >= 0.3 is 0 Å². The van der Waals surface area contributed by atoms with Gasteiger partial charge in [-0.05, 0) is 99.2 Å². The van der Waals surface area contributed by atoms with Crippen LogP contribution in [-0.4, -0.2) is 23.0 Å². The fraction of sp³-hybridized carbons (Fsp3) is 0.750. The molecule has 4 saturated carbocycles. The minimum atomic E-state index is -1.03. The molecule has 5 rings (SSSR count). The third-order valence-corrected chi connectivity index (χ3v) is 11.0. The number of Topliss-reactive ketones (excluding diaryl/α,β-unsaturated/α-hetero) is 1. The van der Waals surface area contributed by atoms with Gasteiger partial charge < -0.3 is 15.8 Å². The fourth-order valence-electron chi connectivity index (χ4n) is 9.12. The maximum absolute atomic E-state index is 13.8. The number of benzene rings is 1. The Morgan fingerprint density at radius 1 is 1.00 bits per heavy atom. The number of carbonyl (C=O) groups is 1. The van der Waals surface area contributed by atoms with Gasteiger partial charge in [0.15, 0.2) is 17.4 Å². The van der Waals surface area contributed by atoms with Crippen LogP contribution in [0.15, 0.2) is 12.1 Å². The van der Waals surface area contributed by atoms with Crippen molar-refractivity contribution in [3.8, 4) is 0 Å². The first-order valence-corrected chi connectivity index (χ1v) is 13.4. The lowest BCUT2D eigenvalue weighted by atomic mass is 9.44. The molecule has 0 bridgehead atoms. The Labute approximate surface area is 207 Å². The summed E-state index contributed by atoms with van der Waals surface area (Å²) in [6.45, 7) is 6.71. The highest BCUT2D eigenvalue weighted by Gasteiger charge is 2.61. The lowest BCUT2D eigenvalue weighted by molar-refractivity contribution is -0.150. The molecular formula is C28H41F2N3O2. The van der Waals surface area contributed by atoms with E-state index in [4.69, 9.17) is 11.6 Å². The second-order valence-electron chi connectivity index (χ2n) is 13.0. The zero-order chi connectivity index (χ0) is 25.3. The number of hydrogen-bond donors (Lipinski definition) is 3. The Bertz CT molecular complexity index is 1020. The van der Waals surface area contributed by atoms with Crippen molar-refractivity contribution in [1.82, 2.24) is 0 Å². The number of nitrogen functional groups attached to an aromatic ring is 1. The number of ketones is 1. The summed E-state index contributed by atoms with van der Waals surface area (Å²) in [6, 6.07) is 1.87. The maximum Gasteiger partial charge on any atom is 0.161 e. The van der Waals surface area contributed by atoms with Crippen LogP contribution in [0.3, 0.4) is 0 Å². The van der Waals surface area contributed by atoms with Gasteiger partial charge in [0, 0.05) is 18.1 Å². The molecule has 194 valence electrons. The first-order chi connectivity index (χ1) is 16.4. The highest BCUT2D eigenvalue weighted by Crippen LogP contribution is 2.68. The molecule has 4 fully saturated rings. The summed E-state index contributed by atoms with van der Waals surface area (Å²) >= 11 is 0. The Morgan fingerprint density at radius 3 is 2.43 bits per heavy atom. The summed E-state index contributed by atoms with van der Waals surface area (Å²) in [4.78, 5) is 13.5. The van der Waals surface area contributed by atoms with Gasteiger partial charge in [-0.3, -0.25) is 4.79 Å². The number of halogens is 2. The Hall–Kier alpha value is -1.73. The molecule has 0 radical (unpaired) electrons. The van der Waals surface area contributed by atoms with E-state index in [-0.39, 0.29) is 40.5 Å². The summed E-state index contributed by atoms with van der Waals surface area (Å²) < 4.78 is 27.3. The number of rotatable bonds is 4. The van der Waals surface area contributed by atoms with Crippen molar-refractivity contribution < 1.29 is 18.7 Å². The Kier molecular flexibility index (Phi) is 5.99.